The van der Waals surface area contributed by atoms with Gasteiger partial charge in [-0.2, -0.15) is 0 Å². The minimum Gasteiger partial charge on any atom is -0.493 e. The Kier molecular flexibility index (Phi) is 4.82. The molecule has 0 spiro atoms. The third kappa shape index (κ3) is 4.24. The van der Waals surface area contributed by atoms with Crippen molar-refractivity contribution in [2.75, 3.05) is 7.11 Å². The van der Waals surface area contributed by atoms with Crippen molar-refractivity contribution in [3.63, 3.8) is 0 Å². The van der Waals surface area contributed by atoms with Crippen molar-refractivity contribution < 1.29 is 19.4 Å². The first-order valence-electron chi connectivity index (χ1n) is 6.65. The van der Waals surface area contributed by atoms with E-state index in [1.54, 1.807) is 19.2 Å². The Morgan fingerprint density at radius 3 is 2.33 bits per heavy atom. The summed E-state index contributed by atoms with van der Waals surface area (Å²) in [6.07, 6.45) is 0.0346. The molecule has 0 saturated carbocycles. The molecule has 0 atom stereocenters. The van der Waals surface area contributed by atoms with Crippen LogP contribution < -0.4 is 9.47 Å². The van der Waals surface area contributed by atoms with Crippen molar-refractivity contribution in [1.29, 1.82) is 0 Å². The second-order valence-corrected chi connectivity index (χ2v) is 4.83. The fourth-order valence-electron chi connectivity index (χ4n) is 1.98. The first-order valence-corrected chi connectivity index (χ1v) is 6.65. The van der Waals surface area contributed by atoms with Crippen LogP contribution in [0.2, 0.25) is 0 Å². The molecule has 2 rings (SSSR count). The molecule has 0 aliphatic carbocycles. The van der Waals surface area contributed by atoms with Crippen LogP contribution in [0.3, 0.4) is 0 Å². The molecule has 0 saturated heterocycles. The summed E-state index contributed by atoms with van der Waals surface area (Å²) in [6.45, 7) is 2.40. The van der Waals surface area contributed by atoms with Crippen LogP contribution in [-0.4, -0.2) is 18.2 Å². The van der Waals surface area contributed by atoms with E-state index in [9.17, 15) is 4.79 Å². The summed E-state index contributed by atoms with van der Waals surface area (Å²) in [5.74, 6) is 0.568. The normalized spacial score (nSPS) is 10.2. The third-order valence-corrected chi connectivity index (χ3v) is 3.09. The molecule has 110 valence electrons. The topological polar surface area (TPSA) is 55.8 Å². The molecule has 4 nitrogen and oxygen atoms in total. The van der Waals surface area contributed by atoms with E-state index in [0.717, 1.165) is 16.7 Å². The Balaban J connectivity index is 2.01. The van der Waals surface area contributed by atoms with Gasteiger partial charge in [-0.05, 0) is 35.7 Å². The van der Waals surface area contributed by atoms with Crippen LogP contribution in [0, 0.1) is 6.92 Å². The molecule has 0 aliphatic heterocycles. The highest BCUT2D eigenvalue weighted by Crippen LogP contribution is 2.28. The number of aryl methyl sites for hydroxylation is 1. The Morgan fingerprint density at radius 1 is 1.05 bits per heavy atom. The number of hydrogen-bond acceptors (Lipinski definition) is 3. The van der Waals surface area contributed by atoms with E-state index >= 15 is 0 Å². The number of carboxylic acids is 1. The SMILES string of the molecule is COc1cc(C)ccc1OCc1ccc(CC(=O)O)cc1. The van der Waals surface area contributed by atoms with Crippen LogP contribution in [0.1, 0.15) is 16.7 Å². The molecular formula is C17H18O4. The lowest BCUT2D eigenvalue weighted by molar-refractivity contribution is -0.136. The van der Waals surface area contributed by atoms with Crippen LogP contribution in [0.5, 0.6) is 11.5 Å². The first-order chi connectivity index (χ1) is 10.1. The van der Waals surface area contributed by atoms with Crippen molar-refractivity contribution in [3.8, 4) is 11.5 Å². The number of carbonyl (C=O) groups is 1. The fraction of sp³-hybridized carbons (Fsp3) is 0.235. The predicted octanol–water partition coefficient (Wildman–Crippen LogP) is 3.21. The highest BCUT2D eigenvalue weighted by molar-refractivity contribution is 5.70. The summed E-state index contributed by atoms with van der Waals surface area (Å²) in [5.41, 5.74) is 2.86. The van der Waals surface area contributed by atoms with Gasteiger partial charge in [-0.25, -0.2) is 0 Å². The minimum absolute atomic E-state index is 0.0346. The molecule has 1 N–H and O–H groups in total. The third-order valence-electron chi connectivity index (χ3n) is 3.09. The van der Waals surface area contributed by atoms with E-state index in [2.05, 4.69) is 0 Å². The maximum atomic E-state index is 10.6. The van der Waals surface area contributed by atoms with Crippen LogP contribution in [0.25, 0.3) is 0 Å². The zero-order valence-electron chi connectivity index (χ0n) is 12.1. The average Bonchev–Trinajstić information content (AvgIpc) is 2.46. The Hall–Kier alpha value is -2.49. The fourth-order valence-corrected chi connectivity index (χ4v) is 1.98. The van der Waals surface area contributed by atoms with E-state index in [1.165, 1.54) is 0 Å². The summed E-state index contributed by atoms with van der Waals surface area (Å²) < 4.78 is 11.0. The van der Waals surface area contributed by atoms with E-state index in [4.69, 9.17) is 14.6 Å². The number of aliphatic carboxylic acids is 1. The highest BCUT2D eigenvalue weighted by Gasteiger charge is 2.05. The molecule has 0 amide bonds. The smallest absolute Gasteiger partial charge is 0.307 e. The largest absolute Gasteiger partial charge is 0.493 e. The van der Waals surface area contributed by atoms with E-state index in [-0.39, 0.29) is 6.42 Å². The molecule has 0 unspecified atom stereocenters. The molecule has 4 heteroatoms. The van der Waals surface area contributed by atoms with Gasteiger partial charge in [0, 0.05) is 0 Å². The van der Waals surface area contributed by atoms with E-state index < -0.39 is 5.97 Å². The molecule has 0 bridgehead atoms. The lowest BCUT2D eigenvalue weighted by Crippen LogP contribution is -2.01. The van der Waals surface area contributed by atoms with Gasteiger partial charge in [-0.1, -0.05) is 30.3 Å². The van der Waals surface area contributed by atoms with Gasteiger partial charge in [0.15, 0.2) is 11.5 Å². The predicted molar refractivity (Wildman–Crippen MR) is 79.8 cm³/mol. The van der Waals surface area contributed by atoms with Crippen molar-refractivity contribution in [1.82, 2.24) is 0 Å². The van der Waals surface area contributed by atoms with Crippen molar-refractivity contribution in [3.05, 3.63) is 59.2 Å². The second kappa shape index (κ2) is 6.79. The number of carboxylic acid groups (broad SMARTS) is 1. The molecule has 0 aliphatic rings. The highest BCUT2D eigenvalue weighted by atomic mass is 16.5. The lowest BCUT2D eigenvalue weighted by Gasteiger charge is -2.11. The maximum absolute atomic E-state index is 10.6. The maximum Gasteiger partial charge on any atom is 0.307 e. The lowest BCUT2D eigenvalue weighted by atomic mass is 10.1. The van der Waals surface area contributed by atoms with Crippen molar-refractivity contribution >= 4 is 5.97 Å². The van der Waals surface area contributed by atoms with Gasteiger partial charge in [0.25, 0.3) is 0 Å². The number of hydrogen-bond donors (Lipinski definition) is 1. The summed E-state index contributed by atoms with van der Waals surface area (Å²) >= 11 is 0. The van der Waals surface area contributed by atoms with Gasteiger partial charge >= 0.3 is 5.97 Å². The zero-order chi connectivity index (χ0) is 15.2. The monoisotopic (exact) mass is 286 g/mol. The van der Waals surface area contributed by atoms with Crippen LogP contribution in [-0.2, 0) is 17.8 Å². The average molecular weight is 286 g/mol. The van der Waals surface area contributed by atoms with E-state index in [1.807, 2.05) is 37.3 Å². The first kappa shape index (κ1) is 14.9. The van der Waals surface area contributed by atoms with Gasteiger partial charge < -0.3 is 14.6 Å². The molecule has 0 fully saturated rings. The minimum atomic E-state index is -0.830. The molecule has 0 heterocycles. The van der Waals surface area contributed by atoms with Crippen LogP contribution in [0.4, 0.5) is 0 Å². The summed E-state index contributed by atoms with van der Waals surface area (Å²) in [6, 6.07) is 13.1. The Labute approximate surface area is 123 Å². The van der Waals surface area contributed by atoms with Crippen molar-refractivity contribution in [2.24, 2.45) is 0 Å². The molecule has 2 aromatic carbocycles. The summed E-state index contributed by atoms with van der Waals surface area (Å²) in [7, 11) is 1.61. The number of rotatable bonds is 6. The summed E-state index contributed by atoms with van der Waals surface area (Å²) in [4.78, 5) is 10.6. The van der Waals surface area contributed by atoms with Gasteiger partial charge in [0.2, 0.25) is 0 Å². The molecule has 2 aromatic rings. The Bertz CT molecular complexity index is 617. The standard InChI is InChI=1S/C17H18O4/c1-12-3-8-15(16(9-12)20-2)21-11-14-6-4-13(5-7-14)10-17(18)19/h3-9H,10-11H2,1-2H3,(H,18,19). The molecule has 0 aromatic heterocycles. The summed E-state index contributed by atoms with van der Waals surface area (Å²) in [5, 5.41) is 8.73. The van der Waals surface area contributed by atoms with Crippen LogP contribution in [0.15, 0.2) is 42.5 Å². The molecule has 0 radical (unpaired) electrons. The Morgan fingerprint density at radius 2 is 1.71 bits per heavy atom. The quantitative estimate of drug-likeness (QED) is 0.886. The number of ether oxygens (including phenoxy) is 2. The van der Waals surface area contributed by atoms with Crippen LogP contribution >= 0.6 is 0 Å². The van der Waals surface area contributed by atoms with E-state index in [0.29, 0.717) is 18.1 Å². The zero-order valence-corrected chi connectivity index (χ0v) is 12.1. The molecule has 21 heavy (non-hydrogen) atoms. The molecular weight excluding hydrogens is 268 g/mol. The van der Waals surface area contributed by atoms with Gasteiger partial charge in [0.1, 0.15) is 6.61 Å². The van der Waals surface area contributed by atoms with Gasteiger partial charge in [-0.15, -0.1) is 0 Å². The number of methoxy groups -OCH3 is 1. The van der Waals surface area contributed by atoms with Gasteiger partial charge in [0.05, 0.1) is 13.5 Å². The number of benzene rings is 2. The second-order valence-electron chi connectivity index (χ2n) is 4.83. The van der Waals surface area contributed by atoms with Crippen molar-refractivity contribution in [2.45, 2.75) is 20.0 Å². The van der Waals surface area contributed by atoms with Gasteiger partial charge in [-0.3, -0.25) is 4.79 Å².